The molecular formula is C24H31NO2. The summed E-state index contributed by atoms with van der Waals surface area (Å²) < 4.78 is 0. The molecule has 0 aromatic heterocycles. The number of nitrogens with zero attached hydrogens (tertiary/aromatic N) is 1. The fourth-order valence-electron chi connectivity index (χ4n) is 6.17. The molecule has 1 aromatic rings. The summed E-state index contributed by atoms with van der Waals surface area (Å²) in [5.74, 6) is 2.95. The molecule has 1 saturated heterocycles. The van der Waals surface area contributed by atoms with Crippen molar-refractivity contribution in [1.29, 1.82) is 0 Å². The van der Waals surface area contributed by atoms with Crippen molar-refractivity contribution < 1.29 is 9.59 Å². The monoisotopic (exact) mass is 365 g/mol. The van der Waals surface area contributed by atoms with Crippen molar-refractivity contribution in [3.63, 3.8) is 0 Å². The lowest BCUT2D eigenvalue weighted by molar-refractivity contribution is -0.143. The van der Waals surface area contributed by atoms with Crippen LogP contribution in [0.4, 0.5) is 0 Å². The largest absolute Gasteiger partial charge is 0.342 e. The van der Waals surface area contributed by atoms with Crippen molar-refractivity contribution in [2.75, 3.05) is 13.1 Å². The molecule has 1 heterocycles. The number of hydrogen-bond donors (Lipinski definition) is 0. The number of hydrogen-bond acceptors (Lipinski definition) is 2. The van der Waals surface area contributed by atoms with Gasteiger partial charge in [-0.25, -0.2) is 0 Å². The van der Waals surface area contributed by atoms with Gasteiger partial charge in [0.15, 0.2) is 0 Å². The van der Waals surface area contributed by atoms with E-state index in [1.807, 2.05) is 0 Å². The number of fused-ring (bicyclic) bond motifs is 1. The Kier molecular flexibility index (Phi) is 3.68. The van der Waals surface area contributed by atoms with Crippen molar-refractivity contribution in [3.8, 4) is 0 Å². The van der Waals surface area contributed by atoms with E-state index < -0.39 is 0 Å². The Bertz CT molecular complexity index is 770. The molecule has 27 heavy (non-hydrogen) atoms. The molecule has 3 atom stereocenters. The first-order chi connectivity index (χ1) is 12.8. The summed E-state index contributed by atoms with van der Waals surface area (Å²) in [6.07, 6.45) is 4.41. The minimum absolute atomic E-state index is 0.193. The topological polar surface area (TPSA) is 37.4 Å². The van der Waals surface area contributed by atoms with E-state index in [2.05, 4.69) is 49.9 Å². The predicted molar refractivity (Wildman–Crippen MR) is 105 cm³/mol. The molecule has 1 aromatic carbocycles. The summed E-state index contributed by atoms with van der Waals surface area (Å²) >= 11 is 0. The third kappa shape index (κ3) is 2.85. The Morgan fingerprint density at radius 2 is 1.70 bits per heavy atom. The van der Waals surface area contributed by atoms with Crippen molar-refractivity contribution in [2.45, 2.75) is 64.2 Å². The van der Waals surface area contributed by atoms with Crippen LogP contribution in [0.3, 0.4) is 0 Å². The zero-order chi connectivity index (χ0) is 19.0. The highest BCUT2D eigenvalue weighted by molar-refractivity contribution is 5.84. The van der Waals surface area contributed by atoms with Crippen molar-refractivity contribution in [1.82, 2.24) is 4.90 Å². The lowest BCUT2D eigenvalue weighted by Crippen LogP contribution is -2.46. The Labute approximate surface area is 162 Å². The minimum Gasteiger partial charge on any atom is -0.342 e. The maximum atomic E-state index is 12.9. The molecule has 1 unspecified atom stereocenters. The van der Waals surface area contributed by atoms with Crippen LogP contribution in [-0.2, 0) is 15.0 Å². The average Bonchev–Trinajstić information content (AvgIpc) is 2.93. The van der Waals surface area contributed by atoms with E-state index in [0.29, 0.717) is 29.4 Å². The molecule has 1 aliphatic heterocycles. The molecule has 144 valence electrons. The summed E-state index contributed by atoms with van der Waals surface area (Å²) in [5, 5.41) is 0. The second-order valence-electron chi connectivity index (χ2n) is 10.8. The Morgan fingerprint density at radius 1 is 1.07 bits per heavy atom. The number of piperidine rings is 1. The highest BCUT2D eigenvalue weighted by Crippen LogP contribution is 2.60. The van der Waals surface area contributed by atoms with Crippen molar-refractivity contribution >= 4 is 11.7 Å². The maximum Gasteiger partial charge on any atom is 0.225 e. The number of likely N-dealkylation sites (tertiary alicyclic amines) is 1. The second-order valence-corrected chi connectivity index (χ2v) is 10.8. The van der Waals surface area contributed by atoms with Gasteiger partial charge in [-0.3, -0.25) is 9.59 Å². The van der Waals surface area contributed by atoms with Crippen LogP contribution in [-0.4, -0.2) is 29.7 Å². The summed E-state index contributed by atoms with van der Waals surface area (Å²) in [6.45, 7) is 8.64. The van der Waals surface area contributed by atoms with Gasteiger partial charge in [0.1, 0.15) is 5.78 Å². The molecule has 5 rings (SSSR count). The van der Waals surface area contributed by atoms with Crippen molar-refractivity contribution in [2.24, 2.45) is 23.2 Å². The molecule has 0 bridgehead atoms. The lowest BCUT2D eigenvalue weighted by atomic mass is 9.60. The molecule has 3 aliphatic carbocycles. The Hall–Kier alpha value is -1.64. The third-order valence-corrected chi connectivity index (χ3v) is 7.88. The van der Waals surface area contributed by atoms with Crippen LogP contribution in [0.15, 0.2) is 24.3 Å². The highest BCUT2D eigenvalue weighted by Gasteiger charge is 2.59. The van der Waals surface area contributed by atoms with Gasteiger partial charge in [0.25, 0.3) is 0 Å². The molecular weight excluding hydrogens is 334 g/mol. The van der Waals surface area contributed by atoms with Gasteiger partial charge < -0.3 is 4.90 Å². The van der Waals surface area contributed by atoms with Crippen LogP contribution in [0.1, 0.15) is 69.9 Å². The molecule has 4 fully saturated rings. The molecule has 3 saturated carbocycles. The van der Waals surface area contributed by atoms with Gasteiger partial charge in [-0.2, -0.15) is 0 Å². The van der Waals surface area contributed by atoms with E-state index in [0.717, 1.165) is 45.2 Å². The van der Waals surface area contributed by atoms with E-state index in [4.69, 9.17) is 0 Å². The summed E-state index contributed by atoms with van der Waals surface area (Å²) in [7, 11) is 0. The van der Waals surface area contributed by atoms with E-state index in [1.165, 1.54) is 11.1 Å². The van der Waals surface area contributed by atoms with Crippen LogP contribution in [0.25, 0.3) is 0 Å². The highest BCUT2D eigenvalue weighted by atomic mass is 16.2. The Morgan fingerprint density at radius 3 is 2.22 bits per heavy atom. The smallest absolute Gasteiger partial charge is 0.225 e. The normalized spacial score (nSPS) is 37.4. The SMILES string of the molecule is CC(C)(C)c1ccc(C2[C@H]3CN(C(=O)C4CC5(CCC(=O)C5)C4)C[C@@H]23)cc1. The van der Waals surface area contributed by atoms with Gasteiger partial charge in [0.05, 0.1) is 0 Å². The van der Waals surface area contributed by atoms with Gasteiger partial charge in [-0.1, -0.05) is 45.0 Å². The molecule has 4 aliphatic rings. The Balaban J connectivity index is 1.16. The van der Waals surface area contributed by atoms with Gasteiger partial charge in [0.2, 0.25) is 5.91 Å². The standard InChI is InChI=1S/C24H31NO2/c1-23(2,3)17-6-4-15(5-7-17)21-19-13-25(14-20(19)21)22(27)16-10-24(11-16)9-8-18(26)12-24/h4-7,16,19-21H,8-14H2,1-3H3/t16?,19-,20+,21?,24?. The quantitative estimate of drug-likeness (QED) is 0.783. The fourth-order valence-corrected chi connectivity index (χ4v) is 6.17. The first-order valence-corrected chi connectivity index (χ1v) is 10.7. The number of rotatable bonds is 2. The molecule has 3 nitrogen and oxygen atoms in total. The zero-order valence-electron chi connectivity index (χ0n) is 16.8. The number of amides is 1. The van der Waals surface area contributed by atoms with E-state index in [-0.39, 0.29) is 16.7 Å². The van der Waals surface area contributed by atoms with Crippen LogP contribution >= 0.6 is 0 Å². The van der Waals surface area contributed by atoms with Crippen LogP contribution in [0.2, 0.25) is 0 Å². The predicted octanol–water partition coefficient (Wildman–Crippen LogP) is 4.31. The first kappa shape index (κ1) is 17.5. The van der Waals surface area contributed by atoms with Crippen molar-refractivity contribution in [3.05, 3.63) is 35.4 Å². The first-order valence-electron chi connectivity index (χ1n) is 10.7. The summed E-state index contributed by atoms with van der Waals surface area (Å²) in [6, 6.07) is 9.18. The number of carbonyl (C=O) groups excluding carboxylic acids is 2. The molecule has 1 spiro atoms. The molecule has 1 amide bonds. The number of ketones is 1. The zero-order valence-corrected chi connectivity index (χ0v) is 16.8. The minimum atomic E-state index is 0.193. The summed E-state index contributed by atoms with van der Waals surface area (Å²) in [4.78, 5) is 26.6. The van der Waals surface area contributed by atoms with Crippen LogP contribution < -0.4 is 0 Å². The number of carbonyl (C=O) groups is 2. The van der Waals surface area contributed by atoms with Gasteiger partial charge in [0, 0.05) is 31.8 Å². The van der Waals surface area contributed by atoms with E-state index in [1.54, 1.807) is 0 Å². The molecule has 3 heteroatoms. The van der Waals surface area contributed by atoms with Crippen LogP contribution in [0.5, 0.6) is 0 Å². The van der Waals surface area contributed by atoms with Gasteiger partial charge in [-0.05, 0) is 59.0 Å². The molecule has 0 radical (unpaired) electrons. The molecule has 0 N–H and O–H groups in total. The number of benzene rings is 1. The maximum absolute atomic E-state index is 12.9. The lowest BCUT2D eigenvalue weighted by Gasteiger charge is -2.45. The fraction of sp³-hybridized carbons (Fsp3) is 0.667. The second kappa shape index (κ2) is 5.68. The van der Waals surface area contributed by atoms with E-state index >= 15 is 0 Å². The van der Waals surface area contributed by atoms with Crippen LogP contribution in [0, 0.1) is 23.2 Å². The summed E-state index contributed by atoms with van der Waals surface area (Å²) in [5.41, 5.74) is 3.25. The number of Topliss-reactive ketones (excluding diaryl/α,β-unsaturated/α-hetero) is 1. The third-order valence-electron chi connectivity index (χ3n) is 7.88. The van der Waals surface area contributed by atoms with Gasteiger partial charge in [-0.15, -0.1) is 0 Å². The van der Waals surface area contributed by atoms with E-state index in [9.17, 15) is 9.59 Å². The van der Waals surface area contributed by atoms with Gasteiger partial charge >= 0.3 is 0 Å². The average molecular weight is 366 g/mol.